The van der Waals surface area contributed by atoms with Crippen molar-refractivity contribution in [3.63, 3.8) is 0 Å². The minimum absolute atomic E-state index is 0.0849. The zero-order chi connectivity index (χ0) is 26.6. The Balaban J connectivity index is 1.64. The molecule has 1 aromatic heterocycles. The zero-order valence-electron chi connectivity index (χ0n) is 22.3. The Bertz CT molecular complexity index is 1150. The molecular formula is C27H38N6O4. The highest BCUT2D eigenvalue weighted by Crippen LogP contribution is 2.30. The molecule has 2 amide bonds. The highest BCUT2D eigenvalue weighted by molar-refractivity contribution is 5.77. The predicted molar refractivity (Wildman–Crippen MR) is 143 cm³/mol. The van der Waals surface area contributed by atoms with Crippen molar-refractivity contribution in [1.29, 1.82) is 0 Å². The van der Waals surface area contributed by atoms with Crippen LogP contribution in [0, 0.1) is 5.92 Å². The maximum atomic E-state index is 13.9. The molecule has 10 nitrogen and oxygen atoms in total. The molecule has 37 heavy (non-hydrogen) atoms. The van der Waals surface area contributed by atoms with E-state index >= 15 is 0 Å². The second-order valence-electron chi connectivity index (χ2n) is 10.6. The fourth-order valence-corrected chi connectivity index (χ4v) is 4.90. The summed E-state index contributed by atoms with van der Waals surface area (Å²) in [5, 5.41) is 7.53. The molecular weight excluding hydrogens is 472 g/mol. The number of para-hydroxylation sites is 1. The SMILES string of the molecule is CCOC(=O)C1CCCN(c2c(N3CCN(C(=O)NC(C)(C)C)CC3)cnn(-c3ccccc3)c2=O)C1. The van der Waals surface area contributed by atoms with Gasteiger partial charge >= 0.3 is 12.0 Å². The highest BCUT2D eigenvalue weighted by Gasteiger charge is 2.32. The van der Waals surface area contributed by atoms with Gasteiger partial charge in [-0.05, 0) is 52.7 Å². The van der Waals surface area contributed by atoms with E-state index in [1.807, 2.05) is 56.0 Å². The van der Waals surface area contributed by atoms with Gasteiger partial charge in [0, 0.05) is 44.8 Å². The normalized spacial score (nSPS) is 18.5. The van der Waals surface area contributed by atoms with E-state index in [2.05, 4.69) is 15.3 Å². The van der Waals surface area contributed by atoms with Crippen molar-refractivity contribution in [2.75, 3.05) is 55.7 Å². The van der Waals surface area contributed by atoms with Crippen molar-refractivity contribution in [1.82, 2.24) is 20.0 Å². The molecule has 0 radical (unpaired) electrons. The first-order chi connectivity index (χ1) is 17.7. The van der Waals surface area contributed by atoms with Crippen LogP contribution in [0.5, 0.6) is 0 Å². The van der Waals surface area contributed by atoms with Crippen molar-refractivity contribution in [3.8, 4) is 5.69 Å². The summed E-state index contributed by atoms with van der Waals surface area (Å²) in [5.74, 6) is -0.498. The Morgan fingerprint density at radius 3 is 2.41 bits per heavy atom. The van der Waals surface area contributed by atoms with Gasteiger partial charge < -0.3 is 24.8 Å². The minimum atomic E-state index is -0.309. The number of hydrogen-bond acceptors (Lipinski definition) is 7. The molecule has 3 heterocycles. The number of nitrogens with one attached hydrogen (secondary N) is 1. The van der Waals surface area contributed by atoms with Gasteiger partial charge in [0.15, 0.2) is 0 Å². The van der Waals surface area contributed by atoms with E-state index in [0.717, 1.165) is 18.5 Å². The molecule has 2 saturated heterocycles. The van der Waals surface area contributed by atoms with Gasteiger partial charge in [0.2, 0.25) is 0 Å². The molecule has 2 aliphatic rings. The van der Waals surface area contributed by atoms with Gasteiger partial charge in [0.1, 0.15) is 5.69 Å². The first kappa shape index (κ1) is 26.5. The van der Waals surface area contributed by atoms with Crippen LogP contribution >= 0.6 is 0 Å². The number of rotatable bonds is 5. The summed E-state index contributed by atoms with van der Waals surface area (Å²) in [7, 11) is 0. The van der Waals surface area contributed by atoms with Gasteiger partial charge in [-0.15, -0.1) is 0 Å². The summed E-state index contributed by atoms with van der Waals surface area (Å²) in [5.41, 5.74) is 1.43. The van der Waals surface area contributed by atoms with Gasteiger partial charge in [-0.1, -0.05) is 18.2 Å². The largest absolute Gasteiger partial charge is 0.466 e. The van der Waals surface area contributed by atoms with E-state index in [1.54, 1.807) is 18.0 Å². The minimum Gasteiger partial charge on any atom is -0.466 e. The second kappa shape index (κ2) is 11.2. The number of benzene rings is 1. The lowest BCUT2D eigenvalue weighted by Crippen LogP contribution is -2.55. The van der Waals surface area contributed by atoms with Gasteiger partial charge in [-0.2, -0.15) is 9.78 Å². The van der Waals surface area contributed by atoms with Crippen LogP contribution in [0.1, 0.15) is 40.5 Å². The van der Waals surface area contributed by atoms with Crippen molar-refractivity contribution in [2.45, 2.75) is 46.1 Å². The third-order valence-corrected chi connectivity index (χ3v) is 6.68. The zero-order valence-corrected chi connectivity index (χ0v) is 22.3. The molecule has 200 valence electrons. The lowest BCUT2D eigenvalue weighted by atomic mass is 9.97. The monoisotopic (exact) mass is 510 g/mol. The fourth-order valence-electron chi connectivity index (χ4n) is 4.90. The van der Waals surface area contributed by atoms with Crippen LogP contribution < -0.4 is 20.7 Å². The molecule has 0 spiro atoms. The molecule has 2 aromatic rings. The highest BCUT2D eigenvalue weighted by atomic mass is 16.5. The van der Waals surface area contributed by atoms with E-state index in [0.29, 0.717) is 57.3 Å². The van der Waals surface area contributed by atoms with Gasteiger partial charge in [0.25, 0.3) is 5.56 Å². The molecule has 1 N–H and O–H groups in total. The number of ether oxygens (including phenoxy) is 1. The van der Waals surface area contributed by atoms with Gasteiger partial charge in [-0.25, -0.2) is 4.79 Å². The van der Waals surface area contributed by atoms with Crippen molar-refractivity contribution in [2.24, 2.45) is 5.92 Å². The summed E-state index contributed by atoms with van der Waals surface area (Å²) in [6.45, 7) is 11.4. The Labute approximate surface area is 218 Å². The first-order valence-corrected chi connectivity index (χ1v) is 13.1. The summed E-state index contributed by atoms with van der Waals surface area (Å²) in [4.78, 5) is 45.0. The Morgan fingerprint density at radius 1 is 1.05 bits per heavy atom. The number of aromatic nitrogens is 2. The van der Waals surface area contributed by atoms with E-state index in [1.165, 1.54) is 4.68 Å². The van der Waals surface area contributed by atoms with Crippen LogP contribution in [0.2, 0.25) is 0 Å². The van der Waals surface area contributed by atoms with E-state index in [4.69, 9.17) is 4.74 Å². The molecule has 1 aromatic carbocycles. The molecule has 10 heteroatoms. The maximum absolute atomic E-state index is 13.9. The van der Waals surface area contributed by atoms with E-state index in [9.17, 15) is 14.4 Å². The van der Waals surface area contributed by atoms with Gasteiger partial charge in [0.05, 0.1) is 30.1 Å². The summed E-state index contributed by atoms with van der Waals surface area (Å²) in [6.07, 6.45) is 3.27. The first-order valence-electron chi connectivity index (χ1n) is 13.1. The Kier molecular flexibility index (Phi) is 8.04. The van der Waals surface area contributed by atoms with Crippen LogP contribution in [0.15, 0.2) is 41.3 Å². The van der Waals surface area contributed by atoms with Crippen molar-refractivity contribution in [3.05, 3.63) is 46.9 Å². The number of amides is 2. The topological polar surface area (TPSA) is 100 Å². The predicted octanol–water partition coefficient (Wildman–Crippen LogP) is 2.64. The van der Waals surface area contributed by atoms with Crippen LogP contribution in [0.4, 0.5) is 16.2 Å². The Hall–Kier alpha value is -3.56. The van der Waals surface area contributed by atoms with Crippen LogP contribution in [-0.2, 0) is 9.53 Å². The Morgan fingerprint density at radius 2 is 1.76 bits per heavy atom. The smallest absolute Gasteiger partial charge is 0.317 e. The molecule has 2 fully saturated rings. The number of urea groups is 1. The van der Waals surface area contributed by atoms with E-state index < -0.39 is 0 Å². The molecule has 0 bridgehead atoms. The standard InChI is InChI=1S/C27H38N6O4/c1-5-37-25(35)20-10-9-13-32(19-20)23-22(18-28-33(24(23)34)21-11-7-6-8-12-21)30-14-16-31(17-15-30)26(36)29-27(2,3)4/h6-8,11-12,18,20H,5,9-10,13-17,19H2,1-4H3,(H,29,36). The molecule has 0 saturated carbocycles. The quantitative estimate of drug-likeness (QED) is 0.618. The molecule has 0 aliphatic carbocycles. The summed E-state index contributed by atoms with van der Waals surface area (Å²) in [6, 6.07) is 9.25. The molecule has 4 rings (SSSR count). The number of hydrogen-bond donors (Lipinski definition) is 1. The average molecular weight is 511 g/mol. The molecule has 1 unspecified atom stereocenters. The number of esters is 1. The fraction of sp³-hybridized carbons (Fsp3) is 0.556. The molecule has 1 atom stereocenters. The van der Waals surface area contributed by atoms with Crippen molar-refractivity contribution >= 4 is 23.4 Å². The third kappa shape index (κ3) is 6.23. The lowest BCUT2D eigenvalue weighted by Gasteiger charge is -2.40. The van der Waals surface area contributed by atoms with Crippen LogP contribution in [-0.4, -0.2) is 78.1 Å². The number of carbonyl (C=O) groups excluding carboxylic acids is 2. The maximum Gasteiger partial charge on any atom is 0.317 e. The number of anilines is 2. The van der Waals surface area contributed by atoms with Gasteiger partial charge in [-0.3, -0.25) is 9.59 Å². The van der Waals surface area contributed by atoms with Crippen LogP contribution in [0.25, 0.3) is 5.69 Å². The number of piperidine rings is 1. The number of nitrogens with zero attached hydrogens (tertiary/aromatic N) is 5. The average Bonchev–Trinajstić information content (AvgIpc) is 2.88. The third-order valence-electron chi connectivity index (χ3n) is 6.68. The van der Waals surface area contributed by atoms with Crippen LogP contribution in [0.3, 0.4) is 0 Å². The second-order valence-corrected chi connectivity index (χ2v) is 10.6. The van der Waals surface area contributed by atoms with Crippen molar-refractivity contribution < 1.29 is 14.3 Å². The van der Waals surface area contributed by atoms with E-state index in [-0.39, 0.29) is 29.0 Å². The lowest BCUT2D eigenvalue weighted by molar-refractivity contribution is -0.148. The number of piperazine rings is 1. The summed E-state index contributed by atoms with van der Waals surface area (Å²) >= 11 is 0. The summed E-state index contributed by atoms with van der Waals surface area (Å²) < 4.78 is 6.71. The number of carbonyl (C=O) groups is 2. The molecule has 2 aliphatic heterocycles.